The highest BCUT2D eigenvalue weighted by molar-refractivity contribution is 9.10. The van der Waals surface area contributed by atoms with Gasteiger partial charge >= 0.3 is 0 Å². The summed E-state index contributed by atoms with van der Waals surface area (Å²) in [5, 5.41) is 9.38. The molecule has 0 aromatic heterocycles. The number of amides is 1. The van der Waals surface area contributed by atoms with Gasteiger partial charge in [-0.05, 0) is 37.1 Å². The van der Waals surface area contributed by atoms with E-state index in [9.17, 15) is 4.79 Å². The van der Waals surface area contributed by atoms with Gasteiger partial charge in [0.05, 0.1) is 0 Å². The van der Waals surface area contributed by atoms with Crippen LogP contribution in [0.1, 0.15) is 31.1 Å². The minimum absolute atomic E-state index is 0.0761. The Hall–Kier alpha value is -1.56. The molecule has 0 saturated heterocycles. The smallest absolute Gasteiger partial charge is 0.251 e. The standard InChI is InChI=1S/C16H25BrN4O/c1-11(2)12(3)21-16(18-4)20-10-9-19-15(22)13-5-7-14(17)8-6-13/h5-8,11-12H,9-10H2,1-4H3,(H,19,22)(H2,18,20,21). The second-order valence-corrected chi connectivity index (χ2v) is 6.35. The van der Waals surface area contributed by atoms with Crippen LogP contribution in [0.25, 0.3) is 0 Å². The van der Waals surface area contributed by atoms with Crippen LogP contribution in [0.15, 0.2) is 33.7 Å². The zero-order valence-corrected chi connectivity index (χ0v) is 15.2. The quantitative estimate of drug-likeness (QED) is 0.410. The SMILES string of the molecule is CN=C(NCCNC(=O)c1ccc(Br)cc1)NC(C)C(C)C. The molecule has 1 aromatic carbocycles. The van der Waals surface area contributed by atoms with Crippen LogP contribution in [-0.4, -0.2) is 38.0 Å². The molecule has 1 atom stereocenters. The van der Waals surface area contributed by atoms with Crippen molar-refractivity contribution in [2.24, 2.45) is 10.9 Å². The highest BCUT2D eigenvalue weighted by Gasteiger charge is 2.09. The number of aliphatic imine (C=N–C) groups is 1. The lowest BCUT2D eigenvalue weighted by molar-refractivity contribution is 0.0954. The minimum atomic E-state index is -0.0761. The fourth-order valence-electron chi connectivity index (χ4n) is 1.64. The fourth-order valence-corrected chi connectivity index (χ4v) is 1.90. The van der Waals surface area contributed by atoms with Gasteiger partial charge in [-0.15, -0.1) is 0 Å². The van der Waals surface area contributed by atoms with Crippen molar-refractivity contribution in [1.29, 1.82) is 0 Å². The van der Waals surface area contributed by atoms with Crippen molar-refractivity contribution in [2.45, 2.75) is 26.8 Å². The summed E-state index contributed by atoms with van der Waals surface area (Å²) in [6, 6.07) is 7.62. The number of hydrogen-bond donors (Lipinski definition) is 3. The average molecular weight is 369 g/mol. The first-order valence-corrected chi connectivity index (χ1v) is 8.24. The van der Waals surface area contributed by atoms with Gasteiger partial charge in [0.2, 0.25) is 0 Å². The van der Waals surface area contributed by atoms with Crippen LogP contribution in [0.2, 0.25) is 0 Å². The van der Waals surface area contributed by atoms with Crippen molar-refractivity contribution >= 4 is 27.8 Å². The molecular formula is C16H25BrN4O. The third-order valence-electron chi connectivity index (χ3n) is 3.40. The van der Waals surface area contributed by atoms with Crippen LogP contribution < -0.4 is 16.0 Å². The Labute approximate surface area is 141 Å². The number of benzene rings is 1. The van der Waals surface area contributed by atoms with Crippen LogP contribution in [0, 0.1) is 5.92 Å². The molecule has 3 N–H and O–H groups in total. The second-order valence-electron chi connectivity index (χ2n) is 5.44. The number of nitrogens with zero attached hydrogens (tertiary/aromatic N) is 1. The molecule has 1 aromatic rings. The molecule has 5 nitrogen and oxygen atoms in total. The second kappa shape index (κ2) is 9.46. The number of nitrogens with one attached hydrogen (secondary N) is 3. The first-order valence-electron chi connectivity index (χ1n) is 7.45. The molecule has 0 radical (unpaired) electrons. The summed E-state index contributed by atoms with van der Waals surface area (Å²) in [6.45, 7) is 7.58. The topological polar surface area (TPSA) is 65.5 Å². The summed E-state index contributed by atoms with van der Waals surface area (Å²) in [4.78, 5) is 16.1. The lowest BCUT2D eigenvalue weighted by Gasteiger charge is -2.20. The van der Waals surface area contributed by atoms with E-state index in [0.717, 1.165) is 10.4 Å². The molecule has 0 fully saturated rings. The summed E-state index contributed by atoms with van der Waals surface area (Å²) in [7, 11) is 1.74. The van der Waals surface area contributed by atoms with Gasteiger partial charge in [-0.3, -0.25) is 9.79 Å². The maximum absolute atomic E-state index is 11.9. The predicted molar refractivity (Wildman–Crippen MR) is 95.3 cm³/mol. The Morgan fingerprint density at radius 3 is 2.27 bits per heavy atom. The van der Waals surface area contributed by atoms with Gasteiger partial charge < -0.3 is 16.0 Å². The molecule has 1 amide bonds. The Bertz CT molecular complexity index is 499. The molecule has 122 valence electrons. The van der Waals surface area contributed by atoms with E-state index in [1.807, 2.05) is 12.1 Å². The van der Waals surface area contributed by atoms with Crippen molar-refractivity contribution in [3.63, 3.8) is 0 Å². The number of carbonyl (C=O) groups excluding carboxylic acids is 1. The molecule has 0 heterocycles. The zero-order valence-electron chi connectivity index (χ0n) is 13.6. The summed E-state index contributed by atoms with van der Waals surface area (Å²) in [5.41, 5.74) is 0.652. The normalized spacial score (nSPS) is 12.9. The largest absolute Gasteiger partial charge is 0.355 e. The van der Waals surface area contributed by atoms with E-state index in [-0.39, 0.29) is 5.91 Å². The first-order chi connectivity index (χ1) is 10.4. The van der Waals surface area contributed by atoms with Crippen molar-refractivity contribution in [1.82, 2.24) is 16.0 Å². The van der Waals surface area contributed by atoms with E-state index in [2.05, 4.69) is 57.6 Å². The summed E-state index contributed by atoms with van der Waals surface area (Å²) < 4.78 is 0.958. The van der Waals surface area contributed by atoms with Crippen molar-refractivity contribution in [3.05, 3.63) is 34.3 Å². The van der Waals surface area contributed by atoms with E-state index < -0.39 is 0 Å². The Morgan fingerprint density at radius 2 is 1.73 bits per heavy atom. The highest BCUT2D eigenvalue weighted by Crippen LogP contribution is 2.10. The van der Waals surface area contributed by atoms with Gasteiger partial charge in [0, 0.05) is 36.2 Å². The van der Waals surface area contributed by atoms with Gasteiger partial charge in [-0.2, -0.15) is 0 Å². The van der Waals surface area contributed by atoms with Gasteiger partial charge in [-0.25, -0.2) is 0 Å². The van der Waals surface area contributed by atoms with Crippen LogP contribution in [-0.2, 0) is 0 Å². The van der Waals surface area contributed by atoms with E-state index >= 15 is 0 Å². The molecule has 0 aliphatic heterocycles. The number of halogens is 1. The van der Waals surface area contributed by atoms with E-state index in [4.69, 9.17) is 0 Å². The molecule has 0 aliphatic carbocycles. The third-order valence-corrected chi connectivity index (χ3v) is 3.93. The molecule has 1 unspecified atom stereocenters. The summed E-state index contributed by atoms with van der Waals surface area (Å²) >= 11 is 3.35. The van der Waals surface area contributed by atoms with Crippen LogP contribution in [0.4, 0.5) is 0 Å². The monoisotopic (exact) mass is 368 g/mol. The van der Waals surface area contributed by atoms with Crippen molar-refractivity contribution < 1.29 is 4.79 Å². The Morgan fingerprint density at radius 1 is 1.14 bits per heavy atom. The molecule has 0 spiro atoms. The molecular weight excluding hydrogens is 344 g/mol. The van der Waals surface area contributed by atoms with Crippen LogP contribution in [0.3, 0.4) is 0 Å². The molecule has 0 aliphatic rings. The molecule has 22 heavy (non-hydrogen) atoms. The van der Waals surface area contributed by atoms with Gasteiger partial charge in [-0.1, -0.05) is 29.8 Å². The molecule has 0 bridgehead atoms. The first kappa shape index (κ1) is 18.5. The Balaban J connectivity index is 2.32. The number of carbonyl (C=O) groups is 1. The maximum Gasteiger partial charge on any atom is 0.251 e. The zero-order chi connectivity index (χ0) is 16.5. The summed E-state index contributed by atoms with van der Waals surface area (Å²) in [5.74, 6) is 1.20. The average Bonchev–Trinajstić information content (AvgIpc) is 2.50. The van der Waals surface area contributed by atoms with Crippen LogP contribution >= 0.6 is 15.9 Å². The lowest BCUT2D eigenvalue weighted by atomic mass is 10.1. The lowest BCUT2D eigenvalue weighted by Crippen LogP contribution is -2.46. The highest BCUT2D eigenvalue weighted by atomic mass is 79.9. The Kier molecular flexibility index (Phi) is 7.95. The van der Waals surface area contributed by atoms with Crippen LogP contribution in [0.5, 0.6) is 0 Å². The van der Waals surface area contributed by atoms with Gasteiger partial charge in [0.15, 0.2) is 5.96 Å². The number of rotatable bonds is 6. The minimum Gasteiger partial charge on any atom is -0.355 e. The van der Waals surface area contributed by atoms with E-state index in [0.29, 0.717) is 30.6 Å². The molecule has 1 rings (SSSR count). The summed E-state index contributed by atoms with van der Waals surface area (Å²) in [6.07, 6.45) is 0. The number of hydrogen-bond acceptors (Lipinski definition) is 2. The maximum atomic E-state index is 11.9. The molecule has 6 heteroatoms. The third kappa shape index (κ3) is 6.47. The van der Waals surface area contributed by atoms with E-state index in [1.165, 1.54) is 0 Å². The van der Waals surface area contributed by atoms with Gasteiger partial charge in [0.1, 0.15) is 0 Å². The van der Waals surface area contributed by atoms with Crippen molar-refractivity contribution in [2.75, 3.05) is 20.1 Å². The molecule has 0 saturated carbocycles. The van der Waals surface area contributed by atoms with E-state index in [1.54, 1.807) is 19.2 Å². The predicted octanol–water partition coefficient (Wildman–Crippen LogP) is 2.39. The fraction of sp³-hybridized carbons (Fsp3) is 0.500. The number of guanidine groups is 1. The van der Waals surface area contributed by atoms with Gasteiger partial charge in [0.25, 0.3) is 5.91 Å². The van der Waals surface area contributed by atoms with Crippen molar-refractivity contribution in [3.8, 4) is 0 Å².